The largest absolute Gasteiger partial charge is 0.497 e. The number of nitrogens with zero attached hydrogens (tertiary/aromatic N) is 1. The molecule has 1 saturated heterocycles. The van der Waals surface area contributed by atoms with Crippen molar-refractivity contribution >= 4 is 17.7 Å². The maximum atomic E-state index is 12.7. The van der Waals surface area contributed by atoms with Gasteiger partial charge in [0.05, 0.1) is 14.2 Å². The Kier molecular flexibility index (Phi) is 4.97. The molecule has 1 heterocycles. The topological polar surface area (TPSA) is 88.1 Å². The van der Waals surface area contributed by atoms with E-state index in [-0.39, 0.29) is 18.2 Å². The van der Waals surface area contributed by atoms with Crippen LogP contribution in [0, 0.1) is 0 Å². The van der Waals surface area contributed by atoms with Crippen LogP contribution in [-0.2, 0) is 4.79 Å². The molecule has 136 valence electrons. The summed E-state index contributed by atoms with van der Waals surface area (Å²) >= 11 is 0. The second kappa shape index (κ2) is 7.35. The highest BCUT2D eigenvalue weighted by molar-refractivity contribution is 5.98. The van der Waals surface area contributed by atoms with E-state index in [1.807, 2.05) is 12.1 Å². The van der Waals surface area contributed by atoms with Crippen molar-refractivity contribution in [1.82, 2.24) is 5.32 Å². The van der Waals surface area contributed by atoms with Gasteiger partial charge in [-0.3, -0.25) is 9.69 Å². The third-order valence-corrected chi connectivity index (χ3v) is 4.49. The van der Waals surface area contributed by atoms with E-state index >= 15 is 0 Å². The molecule has 7 heteroatoms. The molecule has 1 aliphatic rings. The molecule has 0 bridgehead atoms. The molecular formula is C19H20N2O5. The first-order chi connectivity index (χ1) is 12.5. The van der Waals surface area contributed by atoms with Crippen LogP contribution in [0.25, 0.3) is 0 Å². The Balaban J connectivity index is 1.95. The van der Waals surface area contributed by atoms with Crippen molar-refractivity contribution in [3.63, 3.8) is 0 Å². The lowest BCUT2D eigenvalue weighted by molar-refractivity contribution is -0.117. The molecule has 26 heavy (non-hydrogen) atoms. The minimum Gasteiger partial charge on any atom is -0.497 e. The number of hydrogen-bond acceptors (Lipinski definition) is 4. The van der Waals surface area contributed by atoms with E-state index in [1.54, 1.807) is 50.6 Å². The van der Waals surface area contributed by atoms with Crippen LogP contribution in [0.4, 0.5) is 10.5 Å². The summed E-state index contributed by atoms with van der Waals surface area (Å²) < 4.78 is 10.3. The predicted molar refractivity (Wildman–Crippen MR) is 95.8 cm³/mol. The lowest BCUT2D eigenvalue weighted by Crippen LogP contribution is -2.47. The Morgan fingerprint density at radius 3 is 2.08 bits per heavy atom. The number of methoxy groups -OCH3 is 2. The van der Waals surface area contributed by atoms with Gasteiger partial charge in [-0.05, 0) is 42.0 Å². The van der Waals surface area contributed by atoms with Crippen LogP contribution < -0.4 is 19.7 Å². The molecular weight excluding hydrogens is 336 g/mol. The van der Waals surface area contributed by atoms with Gasteiger partial charge in [-0.1, -0.05) is 12.1 Å². The monoisotopic (exact) mass is 356 g/mol. The van der Waals surface area contributed by atoms with Crippen LogP contribution in [0.1, 0.15) is 17.9 Å². The number of amides is 2. The molecule has 0 aromatic heterocycles. The van der Waals surface area contributed by atoms with Crippen LogP contribution in [0.3, 0.4) is 0 Å². The zero-order valence-electron chi connectivity index (χ0n) is 14.5. The van der Waals surface area contributed by atoms with Crippen molar-refractivity contribution in [2.45, 2.75) is 18.5 Å². The van der Waals surface area contributed by atoms with Crippen LogP contribution in [0.2, 0.25) is 0 Å². The molecule has 2 N–H and O–H groups in total. The summed E-state index contributed by atoms with van der Waals surface area (Å²) in [5, 5.41) is 11.8. The second-order valence-corrected chi connectivity index (χ2v) is 5.94. The van der Waals surface area contributed by atoms with E-state index in [0.29, 0.717) is 17.2 Å². The third-order valence-electron chi connectivity index (χ3n) is 4.49. The molecule has 2 aromatic carbocycles. The van der Waals surface area contributed by atoms with E-state index in [2.05, 4.69) is 5.32 Å². The number of carbonyl (C=O) groups excluding carboxylic acids is 1. The Bertz CT molecular complexity index is 789. The highest BCUT2D eigenvalue weighted by atomic mass is 16.5. The lowest BCUT2D eigenvalue weighted by atomic mass is 9.95. The molecule has 2 amide bonds. The zero-order valence-corrected chi connectivity index (χ0v) is 14.5. The Labute approximate surface area is 151 Å². The van der Waals surface area contributed by atoms with Gasteiger partial charge in [-0.2, -0.15) is 0 Å². The SMILES string of the molecule is COc1ccc([C@H]2CC(=O)N(c3ccc(OC)cc3)[C@@H]2NC(=O)O)cc1. The van der Waals surface area contributed by atoms with Gasteiger partial charge in [0, 0.05) is 18.0 Å². The number of ether oxygens (including phenoxy) is 2. The molecule has 0 aliphatic carbocycles. The molecule has 2 aromatic rings. The van der Waals surface area contributed by atoms with Crippen molar-refractivity contribution in [3.8, 4) is 11.5 Å². The van der Waals surface area contributed by atoms with Crippen LogP contribution >= 0.6 is 0 Å². The summed E-state index contributed by atoms with van der Waals surface area (Å²) in [6.07, 6.45) is -1.66. The highest BCUT2D eigenvalue weighted by Crippen LogP contribution is 2.37. The van der Waals surface area contributed by atoms with Gasteiger partial charge >= 0.3 is 6.09 Å². The van der Waals surface area contributed by atoms with Gasteiger partial charge in [0.1, 0.15) is 17.7 Å². The molecule has 0 spiro atoms. The Morgan fingerprint density at radius 2 is 1.58 bits per heavy atom. The first-order valence-electron chi connectivity index (χ1n) is 8.13. The van der Waals surface area contributed by atoms with Crippen molar-refractivity contribution < 1.29 is 24.2 Å². The lowest BCUT2D eigenvalue weighted by Gasteiger charge is -2.28. The maximum absolute atomic E-state index is 12.7. The minimum atomic E-state index is -1.18. The normalized spacial score (nSPS) is 19.3. The zero-order chi connectivity index (χ0) is 18.7. The summed E-state index contributed by atoms with van der Waals surface area (Å²) in [6.45, 7) is 0. The number of benzene rings is 2. The smallest absolute Gasteiger partial charge is 0.406 e. The van der Waals surface area contributed by atoms with Gasteiger partial charge in [0.2, 0.25) is 5.91 Å². The van der Waals surface area contributed by atoms with Crippen molar-refractivity contribution in [3.05, 3.63) is 54.1 Å². The molecule has 1 aliphatic heterocycles. The fraction of sp³-hybridized carbons (Fsp3) is 0.263. The maximum Gasteiger partial charge on any atom is 0.406 e. The van der Waals surface area contributed by atoms with Gasteiger partial charge in [0.15, 0.2) is 0 Å². The average molecular weight is 356 g/mol. The van der Waals surface area contributed by atoms with Gasteiger partial charge < -0.3 is 19.9 Å². The van der Waals surface area contributed by atoms with E-state index in [9.17, 15) is 14.7 Å². The molecule has 1 fully saturated rings. The Morgan fingerprint density at radius 1 is 1.04 bits per heavy atom. The fourth-order valence-corrected chi connectivity index (χ4v) is 3.22. The molecule has 0 radical (unpaired) electrons. The summed E-state index contributed by atoms with van der Waals surface area (Å²) in [5.74, 6) is 0.920. The van der Waals surface area contributed by atoms with Gasteiger partial charge in [0.25, 0.3) is 0 Å². The highest BCUT2D eigenvalue weighted by Gasteiger charge is 2.42. The number of hydrogen-bond donors (Lipinski definition) is 2. The quantitative estimate of drug-likeness (QED) is 0.860. The molecule has 0 saturated carbocycles. The standard InChI is InChI=1S/C19H20N2O5/c1-25-14-7-3-12(4-8-14)16-11-17(22)21(18(16)20-19(23)24)13-5-9-15(26-2)10-6-13/h3-10,16,18,20H,11H2,1-2H3,(H,23,24)/t16-,18+/m1/s1. The number of nitrogens with one attached hydrogen (secondary N) is 1. The first kappa shape index (κ1) is 17.6. The fourth-order valence-electron chi connectivity index (χ4n) is 3.22. The minimum absolute atomic E-state index is 0.144. The number of anilines is 1. The van der Waals surface area contributed by atoms with Gasteiger partial charge in [-0.15, -0.1) is 0 Å². The number of carboxylic acid groups (broad SMARTS) is 1. The molecule has 7 nitrogen and oxygen atoms in total. The van der Waals surface area contributed by atoms with E-state index in [0.717, 1.165) is 5.56 Å². The Hall–Kier alpha value is -3.22. The summed E-state index contributed by atoms with van der Waals surface area (Å²) in [4.78, 5) is 25.5. The van der Waals surface area contributed by atoms with Crippen molar-refractivity contribution in [1.29, 1.82) is 0 Å². The molecule has 0 unspecified atom stereocenters. The first-order valence-corrected chi connectivity index (χ1v) is 8.13. The average Bonchev–Trinajstić information content (AvgIpc) is 2.97. The second-order valence-electron chi connectivity index (χ2n) is 5.94. The van der Waals surface area contributed by atoms with Gasteiger partial charge in [-0.25, -0.2) is 4.79 Å². The summed E-state index contributed by atoms with van der Waals surface area (Å²) in [6, 6.07) is 14.3. The van der Waals surface area contributed by atoms with Crippen molar-refractivity contribution in [2.75, 3.05) is 19.1 Å². The summed E-state index contributed by atoms with van der Waals surface area (Å²) in [5.41, 5.74) is 1.49. The van der Waals surface area contributed by atoms with Crippen LogP contribution in [0.15, 0.2) is 48.5 Å². The summed E-state index contributed by atoms with van der Waals surface area (Å²) in [7, 11) is 3.14. The molecule has 2 atom stereocenters. The van der Waals surface area contributed by atoms with Crippen LogP contribution in [-0.4, -0.2) is 37.5 Å². The van der Waals surface area contributed by atoms with Crippen molar-refractivity contribution in [2.24, 2.45) is 0 Å². The third kappa shape index (κ3) is 3.42. The van der Waals surface area contributed by atoms with E-state index < -0.39 is 12.3 Å². The van der Waals surface area contributed by atoms with E-state index in [1.165, 1.54) is 4.90 Å². The number of carbonyl (C=O) groups is 2. The molecule has 3 rings (SSSR count). The predicted octanol–water partition coefficient (Wildman–Crippen LogP) is 2.82. The number of rotatable bonds is 5. The van der Waals surface area contributed by atoms with E-state index in [4.69, 9.17) is 9.47 Å². The van der Waals surface area contributed by atoms with Crippen LogP contribution in [0.5, 0.6) is 11.5 Å².